The molecule has 1 aromatic rings. The number of likely N-dealkylation sites (tertiary alicyclic amines) is 1. The summed E-state index contributed by atoms with van der Waals surface area (Å²) in [5.74, 6) is 0. The third-order valence-corrected chi connectivity index (χ3v) is 4.69. The molecule has 17 heavy (non-hydrogen) atoms. The van der Waals surface area contributed by atoms with E-state index in [4.69, 9.17) is 9.47 Å². The van der Waals surface area contributed by atoms with Crippen molar-refractivity contribution in [2.75, 3.05) is 20.3 Å². The van der Waals surface area contributed by atoms with Crippen LogP contribution in [0.25, 0.3) is 0 Å². The van der Waals surface area contributed by atoms with Crippen molar-refractivity contribution >= 4 is 11.3 Å². The molecule has 0 unspecified atom stereocenters. The highest BCUT2D eigenvalue weighted by Crippen LogP contribution is 2.31. The highest BCUT2D eigenvalue weighted by atomic mass is 32.1. The third-order valence-electron chi connectivity index (χ3n) is 3.83. The Morgan fingerprint density at radius 2 is 2.53 bits per heavy atom. The highest BCUT2D eigenvalue weighted by Gasteiger charge is 2.44. The predicted octanol–water partition coefficient (Wildman–Crippen LogP) is 2.13. The fourth-order valence-corrected chi connectivity index (χ4v) is 3.73. The zero-order chi connectivity index (χ0) is 11.7. The monoisotopic (exact) mass is 253 g/mol. The number of hydrogen-bond donors (Lipinski definition) is 0. The van der Waals surface area contributed by atoms with Crippen molar-refractivity contribution in [1.82, 2.24) is 4.90 Å². The molecule has 0 N–H and O–H groups in total. The molecule has 0 bridgehead atoms. The highest BCUT2D eigenvalue weighted by molar-refractivity contribution is 7.09. The van der Waals surface area contributed by atoms with Gasteiger partial charge in [-0.3, -0.25) is 4.90 Å². The van der Waals surface area contributed by atoms with E-state index in [0.29, 0.717) is 6.04 Å². The summed E-state index contributed by atoms with van der Waals surface area (Å²) in [6.45, 7) is 2.94. The van der Waals surface area contributed by atoms with Crippen LogP contribution in [0.2, 0.25) is 0 Å². The predicted molar refractivity (Wildman–Crippen MR) is 68.3 cm³/mol. The Bertz CT molecular complexity index is 354. The number of thiophene rings is 1. The van der Waals surface area contributed by atoms with Crippen LogP contribution in [0, 0.1) is 0 Å². The Morgan fingerprint density at radius 1 is 1.59 bits per heavy atom. The molecule has 0 aliphatic carbocycles. The lowest BCUT2D eigenvalue weighted by Crippen LogP contribution is -2.41. The number of hydrogen-bond acceptors (Lipinski definition) is 4. The Balaban J connectivity index is 1.72. The Labute approximate surface area is 106 Å². The molecule has 3 rings (SSSR count). The number of fused-ring (bicyclic) bond motifs is 1. The van der Waals surface area contributed by atoms with Crippen LogP contribution in [0.4, 0.5) is 0 Å². The Morgan fingerprint density at radius 3 is 3.29 bits per heavy atom. The summed E-state index contributed by atoms with van der Waals surface area (Å²) in [5.41, 5.74) is 0. The van der Waals surface area contributed by atoms with E-state index in [1.165, 1.54) is 17.7 Å². The van der Waals surface area contributed by atoms with Crippen LogP contribution in [0.3, 0.4) is 0 Å². The molecule has 1 aromatic heterocycles. The lowest BCUT2D eigenvalue weighted by atomic mass is 10.0. The fourth-order valence-electron chi connectivity index (χ4n) is 3.00. The lowest BCUT2D eigenvalue weighted by molar-refractivity contribution is -0.0655. The van der Waals surface area contributed by atoms with E-state index >= 15 is 0 Å². The molecule has 0 aromatic carbocycles. The second-order valence-electron chi connectivity index (χ2n) is 4.83. The maximum absolute atomic E-state index is 5.89. The van der Waals surface area contributed by atoms with Gasteiger partial charge in [0.15, 0.2) is 0 Å². The van der Waals surface area contributed by atoms with E-state index in [0.717, 1.165) is 19.7 Å². The zero-order valence-electron chi connectivity index (χ0n) is 10.2. The Kier molecular flexibility index (Phi) is 3.47. The van der Waals surface area contributed by atoms with Crippen molar-refractivity contribution in [3.63, 3.8) is 0 Å². The normalized spacial score (nSPS) is 33.8. The average Bonchev–Trinajstić information content (AvgIpc) is 2.98. The van der Waals surface area contributed by atoms with Crippen LogP contribution in [-0.4, -0.2) is 43.4 Å². The molecular weight excluding hydrogens is 234 g/mol. The van der Waals surface area contributed by atoms with Gasteiger partial charge in [-0.15, -0.1) is 11.3 Å². The summed E-state index contributed by atoms with van der Waals surface area (Å²) in [6.07, 6.45) is 2.96. The van der Waals surface area contributed by atoms with Gasteiger partial charge in [-0.1, -0.05) is 6.07 Å². The molecular formula is C13H19NO2S. The number of nitrogens with zero attached hydrogens (tertiary/aromatic N) is 1. The summed E-state index contributed by atoms with van der Waals surface area (Å²) in [5, 5.41) is 2.15. The molecule has 2 saturated heterocycles. The van der Waals surface area contributed by atoms with Gasteiger partial charge in [0.25, 0.3) is 0 Å². The minimum atomic E-state index is 0.250. The molecule has 3 heterocycles. The van der Waals surface area contributed by atoms with Gasteiger partial charge in [0, 0.05) is 37.7 Å². The molecule has 2 aliphatic rings. The first-order valence-electron chi connectivity index (χ1n) is 6.29. The zero-order valence-corrected chi connectivity index (χ0v) is 11.0. The van der Waals surface area contributed by atoms with Crippen molar-refractivity contribution in [2.45, 2.75) is 37.6 Å². The van der Waals surface area contributed by atoms with Crippen LogP contribution in [0.15, 0.2) is 17.5 Å². The molecule has 3 atom stereocenters. The van der Waals surface area contributed by atoms with Crippen LogP contribution >= 0.6 is 11.3 Å². The van der Waals surface area contributed by atoms with Crippen LogP contribution in [0.5, 0.6) is 0 Å². The van der Waals surface area contributed by atoms with Crippen molar-refractivity contribution < 1.29 is 9.47 Å². The quantitative estimate of drug-likeness (QED) is 0.823. The van der Waals surface area contributed by atoms with Crippen molar-refractivity contribution in [1.29, 1.82) is 0 Å². The van der Waals surface area contributed by atoms with E-state index in [1.54, 1.807) is 7.11 Å². The van der Waals surface area contributed by atoms with E-state index in [2.05, 4.69) is 22.4 Å². The number of rotatable bonds is 3. The molecule has 2 aliphatic heterocycles. The SMILES string of the molecule is CO[C@H]1CN(Cc2cccs2)[C@@H]2CCCO[C@H]12. The standard InChI is InChI=1S/C13H19NO2S/c1-15-12-9-14(8-10-4-3-7-17-10)11-5-2-6-16-13(11)12/h3-4,7,11-13H,2,5-6,8-9H2,1H3/t11-,12+,13+/m1/s1. The fraction of sp³-hybridized carbons (Fsp3) is 0.692. The van der Waals surface area contributed by atoms with E-state index in [-0.39, 0.29) is 12.2 Å². The second-order valence-corrected chi connectivity index (χ2v) is 5.86. The summed E-state index contributed by atoms with van der Waals surface area (Å²) in [7, 11) is 1.80. The first kappa shape index (κ1) is 11.7. The van der Waals surface area contributed by atoms with Gasteiger partial charge in [-0.25, -0.2) is 0 Å². The molecule has 0 spiro atoms. The minimum Gasteiger partial charge on any atom is -0.377 e. The average molecular weight is 253 g/mol. The minimum absolute atomic E-state index is 0.250. The molecule has 0 radical (unpaired) electrons. The van der Waals surface area contributed by atoms with Gasteiger partial charge in [-0.2, -0.15) is 0 Å². The number of methoxy groups -OCH3 is 1. The van der Waals surface area contributed by atoms with E-state index in [9.17, 15) is 0 Å². The third kappa shape index (κ3) is 2.27. The van der Waals surface area contributed by atoms with E-state index < -0.39 is 0 Å². The molecule has 0 amide bonds. The van der Waals surface area contributed by atoms with Crippen molar-refractivity contribution in [2.24, 2.45) is 0 Å². The first-order chi connectivity index (χ1) is 8.38. The van der Waals surface area contributed by atoms with Gasteiger partial charge in [0.2, 0.25) is 0 Å². The second kappa shape index (κ2) is 5.06. The lowest BCUT2D eigenvalue weighted by Gasteiger charge is -2.31. The largest absolute Gasteiger partial charge is 0.377 e. The smallest absolute Gasteiger partial charge is 0.100 e. The topological polar surface area (TPSA) is 21.7 Å². The summed E-state index contributed by atoms with van der Waals surface area (Å²) < 4.78 is 11.5. The van der Waals surface area contributed by atoms with E-state index in [1.807, 2.05) is 11.3 Å². The van der Waals surface area contributed by atoms with Crippen molar-refractivity contribution in [3.05, 3.63) is 22.4 Å². The van der Waals surface area contributed by atoms with Gasteiger partial charge >= 0.3 is 0 Å². The molecule has 94 valence electrons. The summed E-state index contributed by atoms with van der Waals surface area (Å²) in [6, 6.07) is 4.89. The Hall–Kier alpha value is -0.420. The number of ether oxygens (including phenoxy) is 2. The van der Waals surface area contributed by atoms with Crippen molar-refractivity contribution in [3.8, 4) is 0 Å². The van der Waals surface area contributed by atoms with Crippen LogP contribution in [0.1, 0.15) is 17.7 Å². The summed E-state index contributed by atoms with van der Waals surface area (Å²) >= 11 is 1.83. The molecule has 3 nitrogen and oxygen atoms in total. The maximum atomic E-state index is 5.89. The van der Waals surface area contributed by atoms with Gasteiger partial charge in [0.05, 0.1) is 6.10 Å². The molecule has 0 saturated carbocycles. The summed E-state index contributed by atoms with van der Waals surface area (Å²) in [4.78, 5) is 3.97. The maximum Gasteiger partial charge on any atom is 0.100 e. The molecule has 4 heteroatoms. The molecule has 2 fully saturated rings. The van der Waals surface area contributed by atoms with Crippen LogP contribution in [-0.2, 0) is 16.0 Å². The van der Waals surface area contributed by atoms with Gasteiger partial charge in [-0.05, 0) is 24.3 Å². The van der Waals surface area contributed by atoms with Crippen LogP contribution < -0.4 is 0 Å². The van der Waals surface area contributed by atoms with Gasteiger partial charge < -0.3 is 9.47 Å². The van der Waals surface area contributed by atoms with Gasteiger partial charge in [0.1, 0.15) is 6.10 Å². The first-order valence-corrected chi connectivity index (χ1v) is 7.17.